The van der Waals surface area contributed by atoms with Crippen molar-refractivity contribution < 1.29 is 30.1 Å². The summed E-state index contributed by atoms with van der Waals surface area (Å²) < 4.78 is 0. The molecule has 0 rings (SSSR count). The van der Waals surface area contributed by atoms with Crippen LogP contribution in [0.1, 0.15) is 0 Å². The predicted octanol–water partition coefficient (Wildman–Crippen LogP) is -3.48. The number of aldehydes is 1. The third-order valence-electron chi connectivity index (χ3n) is 1.50. The van der Waals surface area contributed by atoms with Crippen LogP contribution in [0, 0.1) is 0 Å². The number of aliphatic hydroxyl groups is 4. The van der Waals surface area contributed by atoms with E-state index in [0.717, 1.165) is 0 Å². The van der Waals surface area contributed by atoms with E-state index in [4.69, 9.17) is 20.4 Å². The van der Waals surface area contributed by atoms with E-state index in [2.05, 4.69) is 10.7 Å². The van der Waals surface area contributed by atoms with Crippen molar-refractivity contribution in [3.63, 3.8) is 0 Å². The monoisotopic (exact) mass is 195 g/mol. The van der Waals surface area contributed by atoms with Crippen LogP contribution in [0.15, 0.2) is 0 Å². The molecule has 0 saturated heterocycles. The number of rotatable bonds is 6. The standard InChI is InChI=1S/C6H13NO6/c7-13-2-4(10)6(12)5(11)3(9)1-8/h1,3-6,9-12H,2,7H2/t3-,4+,5+,6-/m0/s1. The second-order valence-electron chi connectivity index (χ2n) is 2.51. The molecule has 0 aliphatic rings. The SMILES string of the molecule is NOC[C@@H](O)[C@H](O)[C@H](O)[C@@H](O)C=O. The van der Waals surface area contributed by atoms with Gasteiger partial charge in [-0.15, -0.1) is 0 Å². The molecule has 7 heteroatoms. The van der Waals surface area contributed by atoms with Crippen LogP contribution in [-0.4, -0.2) is 57.7 Å². The van der Waals surface area contributed by atoms with E-state index in [-0.39, 0.29) is 6.29 Å². The lowest BCUT2D eigenvalue weighted by Crippen LogP contribution is -2.46. The molecule has 0 aliphatic carbocycles. The van der Waals surface area contributed by atoms with Gasteiger partial charge in [-0.25, -0.2) is 5.90 Å². The average molecular weight is 195 g/mol. The highest BCUT2D eigenvalue weighted by atomic mass is 16.6. The summed E-state index contributed by atoms with van der Waals surface area (Å²) in [7, 11) is 0. The molecule has 78 valence electrons. The highest BCUT2D eigenvalue weighted by Gasteiger charge is 2.29. The fourth-order valence-electron chi connectivity index (χ4n) is 0.707. The first-order chi connectivity index (χ1) is 6.04. The summed E-state index contributed by atoms with van der Waals surface area (Å²) in [6.45, 7) is -0.413. The number of nitrogens with two attached hydrogens (primary N) is 1. The number of hydrogen-bond acceptors (Lipinski definition) is 7. The molecule has 0 bridgehead atoms. The summed E-state index contributed by atoms with van der Waals surface area (Å²) >= 11 is 0. The maximum absolute atomic E-state index is 9.97. The van der Waals surface area contributed by atoms with Crippen LogP contribution >= 0.6 is 0 Å². The van der Waals surface area contributed by atoms with Crippen molar-refractivity contribution in [2.45, 2.75) is 24.4 Å². The van der Waals surface area contributed by atoms with Gasteiger partial charge in [-0.05, 0) is 0 Å². The topological polar surface area (TPSA) is 133 Å². The maximum Gasteiger partial charge on any atom is 0.151 e. The Labute approximate surface area is 74.3 Å². The molecule has 0 radical (unpaired) electrons. The van der Waals surface area contributed by atoms with Crippen LogP contribution in [0.25, 0.3) is 0 Å². The molecular weight excluding hydrogens is 182 g/mol. The normalized spacial score (nSPS) is 20.4. The van der Waals surface area contributed by atoms with E-state index in [9.17, 15) is 4.79 Å². The molecule has 0 aromatic rings. The lowest BCUT2D eigenvalue weighted by atomic mass is 10.0. The van der Waals surface area contributed by atoms with Gasteiger partial charge in [-0.1, -0.05) is 0 Å². The highest BCUT2D eigenvalue weighted by molar-refractivity contribution is 5.56. The van der Waals surface area contributed by atoms with E-state index >= 15 is 0 Å². The first kappa shape index (κ1) is 12.4. The van der Waals surface area contributed by atoms with Crippen molar-refractivity contribution >= 4 is 6.29 Å². The Morgan fingerprint density at radius 1 is 1.23 bits per heavy atom. The second kappa shape index (κ2) is 5.97. The summed E-state index contributed by atoms with van der Waals surface area (Å²) in [5.41, 5.74) is 0. The van der Waals surface area contributed by atoms with E-state index < -0.39 is 31.0 Å². The van der Waals surface area contributed by atoms with Crippen LogP contribution in [0.4, 0.5) is 0 Å². The fraction of sp³-hybridized carbons (Fsp3) is 0.833. The Balaban J connectivity index is 4.06. The van der Waals surface area contributed by atoms with Gasteiger partial charge in [0.15, 0.2) is 6.29 Å². The lowest BCUT2D eigenvalue weighted by Gasteiger charge is -2.23. The quantitative estimate of drug-likeness (QED) is 0.219. The Morgan fingerprint density at radius 2 is 1.77 bits per heavy atom. The third-order valence-corrected chi connectivity index (χ3v) is 1.50. The van der Waals surface area contributed by atoms with E-state index in [1.54, 1.807) is 0 Å². The van der Waals surface area contributed by atoms with Crippen molar-refractivity contribution in [3.8, 4) is 0 Å². The third kappa shape index (κ3) is 3.77. The Bertz CT molecular complexity index is 154. The first-order valence-corrected chi connectivity index (χ1v) is 3.53. The van der Waals surface area contributed by atoms with Gasteiger partial charge in [0, 0.05) is 0 Å². The minimum absolute atomic E-state index is 0.0455. The van der Waals surface area contributed by atoms with Crippen LogP contribution in [0.2, 0.25) is 0 Å². The van der Waals surface area contributed by atoms with Gasteiger partial charge < -0.3 is 30.1 Å². The summed E-state index contributed by atoms with van der Waals surface area (Å²) in [4.78, 5) is 14.0. The minimum Gasteiger partial charge on any atom is -0.388 e. The van der Waals surface area contributed by atoms with Crippen molar-refractivity contribution in [1.82, 2.24) is 0 Å². The predicted molar refractivity (Wildman–Crippen MR) is 40.2 cm³/mol. The summed E-state index contributed by atoms with van der Waals surface area (Å²) in [6.07, 6.45) is -6.62. The summed E-state index contributed by atoms with van der Waals surface area (Å²) in [5.74, 6) is 4.59. The number of carbonyl (C=O) groups is 1. The second-order valence-corrected chi connectivity index (χ2v) is 2.51. The van der Waals surface area contributed by atoms with Gasteiger partial charge in [-0.3, -0.25) is 0 Å². The van der Waals surface area contributed by atoms with Crippen molar-refractivity contribution in [2.75, 3.05) is 6.61 Å². The molecule has 4 atom stereocenters. The Hall–Kier alpha value is -0.570. The van der Waals surface area contributed by atoms with Gasteiger partial charge in [0.25, 0.3) is 0 Å². The molecule has 0 aromatic heterocycles. The lowest BCUT2D eigenvalue weighted by molar-refractivity contribution is -0.138. The molecule has 0 amide bonds. The molecule has 0 unspecified atom stereocenters. The molecule has 0 aliphatic heterocycles. The molecule has 0 saturated carbocycles. The molecule has 6 N–H and O–H groups in total. The molecule has 0 aromatic carbocycles. The number of aliphatic hydroxyl groups excluding tert-OH is 4. The smallest absolute Gasteiger partial charge is 0.151 e. The maximum atomic E-state index is 9.97. The fourth-order valence-corrected chi connectivity index (χ4v) is 0.707. The van der Waals surface area contributed by atoms with Gasteiger partial charge in [0.1, 0.15) is 24.4 Å². The first-order valence-electron chi connectivity index (χ1n) is 3.53. The summed E-state index contributed by atoms with van der Waals surface area (Å²) in [6, 6.07) is 0. The zero-order valence-electron chi connectivity index (χ0n) is 6.78. The van der Waals surface area contributed by atoms with Gasteiger partial charge in [0.05, 0.1) is 6.61 Å². The minimum atomic E-state index is -1.76. The molecule has 0 spiro atoms. The Kier molecular flexibility index (Phi) is 5.71. The van der Waals surface area contributed by atoms with E-state index in [1.807, 2.05) is 0 Å². The van der Waals surface area contributed by atoms with Crippen LogP contribution in [0.3, 0.4) is 0 Å². The summed E-state index contributed by atoms with van der Waals surface area (Å²) in [5, 5.41) is 35.8. The molecule has 13 heavy (non-hydrogen) atoms. The van der Waals surface area contributed by atoms with Crippen LogP contribution in [-0.2, 0) is 9.63 Å². The van der Waals surface area contributed by atoms with Crippen molar-refractivity contribution in [2.24, 2.45) is 5.90 Å². The van der Waals surface area contributed by atoms with E-state index in [0.29, 0.717) is 0 Å². The van der Waals surface area contributed by atoms with Crippen LogP contribution in [0.5, 0.6) is 0 Å². The highest BCUT2D eigenvalue weighted by Crippen LogP contribution is 2.03. The van der Waals surface area contributed by atoms with E-state index in [1.165, 1.54) is 0 Å². The number of hydrogen-bond donors (Lipinski definition) is 5. The van der Waals surface area contributed by atoms with Gasteiger partial charge in [0.2, 0.25) is 0 Å². The molecular formula is C6H13NO6. The molecule has 0 fully saturated rings. The largest absolute Gasteiger partial charge is 0.388 e. The zero-order chi connectivity index (χ0) is 10.4. The van der Waals surface area contributed by atoms with Gasteiger partial charge in [-0.2, -0.15) is 0 Å². The van der Waals surface area contributed by atoms with Crippen LogP contribution < -0.4 is 5.90 Å². The molecule has 0 heterocycles. The Morgan fingerprint density at radius 3 is 2.15 bits per heavy atom. The average Bonchev–Trinajstić information content (AvgIpc) is 2.14. The number of carbonyl (C=O) groups excluding carboxylic acids is 1. The van der Waals surface area contributed by atoms with Crippen molar-refractivity contribution in [3.05, 3.63) is 0 Å². The zero-order valence-corrected chi connectivity index (χ0v) is 6.78. The van der Waals surface area contributed by atoms with Crippen molar-refractivity contribution in [1.29, 1.82) is 0 Å². The van der Waals surface area contributed by atoms with Gasteiger partial charge >= 0.3 is 0 Å². The molecule has 7 nitrogen and oxygen atoms in total.